The molecule has 0 bridgehead atoms. The van der Waals surface area contributed by atoms with Crippen molar-refractivity contribution >= 4 is 44.7 Å². The first kappa shape index (κ1) is 16.0. The maximum Gasteiger partial charge on any atom is 0.237 e. The van der Waals surface area contributed by atoms with Crippen LogP contribution in [0.15, 0.2) is 22.7 Å². The van der Waals surface area contributed by atoms with E-state index in [2.05, 4.69) is 21.2 Å². The highest BCUT2D eigenvalue weighted by atomic mass is 79.9. The molecule has 0 aliphatic rings. The van der Waals surface area contributed by atoms with E-state index in [9.17, 15) is 9.18 Å². The zero-order valence-corrected chi connectivity index (χ0v) is 13.2. The van der Waals surface area contributed by atoms with Crippen LogP contribution < -0.4 is 11.1 Å². The summed E-state index contributed by atoms with van der Waals surface area (Å²) in [6.45, 7) is 3.73. The van der Waals surface area contributed by atoms with Crippen molar-refractivity contribution in [3.8, 4) is 0 Å². The maximum absolute atomic E-state index is 13.1. The zero-order valence-electron chi connectivity index (χ0n) is 10.8. The molecule has 0 unspecified atom stereocenters. The Bertz CT molecular complexity index is 503. The summed E-state index contributed by atoms with van der Waals surface area (Å²) >= 11 is 8.09. The number of anilines is 1. The van der Waals surface area contributed by atoms with E-state index in [1.807, 2.05) is 13.8 Å². The van der Waals surface area contributed by atoms with E-state index < -0.39 is 5.41 Å². The summed E-state index contributed by atoms with van der Waals surface area (Å²) in [6, 6.07) is 4.27. The Balaban J connectivity index is 3.00. The third kappa shape index (κ3) is 3.30. The van der Waals surface area contributed by atoms with Gasteiger partial charge in [0.25, 0.3) is 0 Å². The average Bonchev–Trinajstić information content (AvgIpc) is 2.35. The lowest BCUT2D eigenvalue weighted by Crippen LogP contribution is -2.45. The predicted molar refractivity (Wildman–Crippen MR) is 82.5 cm³/mol. The Hall–Kier alpha value is -1.01. The van der Waals surface area contributed by atoms with Gasteiger partial charge in [-0.25, -0.2) is 4.39 Å². The van der Waals surface area contributed by atoms with Crippen molar-refractivity contribution in [2.24, 2.45) is 11.1 Å². The summed E-state index contributed by atoms with van der Waals surface area (Å²) in [5, 5.41) is 2.73. The SMILES string of the molecule is CCC(CC)(C(=O)Nc1ccc(F)c(Br)c1)C(N)=S. The molecular weight excluding hydrogens is 331 g/mol. The van der Waals surface area contributed by atoms with Crippen LogP contribution in [0.3, 0.4) is 0 Å². The number of hydrogen-bond donors (Lipinski definition) is 2. The largest absolute Gasteiger partial charge is 0.392 e. The molecule has 0 spiro atoms. The minimum Gasteiger partial charge on any atom is -0.392 e. The van der Waals surface area contributed by atoms with Crippen molar-refractivity contribution in [2.45, 2.75) is 26.7 Å². The second-order valence-corrected chi connectivity index (χ2v) is 5.53. The average molecular weight is 347 g/mol. The van der Waals surface area contributed by atoms with Gasteiger partial charge in [-0.05, 0) is 47.0 Å². The van der Waals surface area contributed by atoms with Gasteiger partial charge in [0.1, 0.15) is 5.82 Å². The number of rotatable bonds is 5. The van der Waals surface area contributed by atoms with Crippen molar-refractivity contribution in [1.82, 2.24) is 0 Å². The minimum absolute atomic E-state index is 0.177. The fourth-order valence-corrected chi connectivity index (χ4v) is 2.62. The summed E-state index contributed by atoms with van der Waals surface area (Å²) in [6.07, 6.45) is 1.04. The number of thiocarbonyl (C=S) groups is 1. The Labute approximate surface area is 125 Å². The van der Waals surface area contributed by atoms with Crippen LogP contribution in [0.25, 0.3) is 0 Å². The monoisotopic (exact) mass is 346 g/mol. The van der Waals surface area contributed by atoms with Gasteiger partial charge < -0.3 is 11.1 Å². The van der Waals surface area contributed by atoms with Gasteiger partial charge >= 0.3 is 0 Å². The lowest BCUT2D eigenvalue weighted by molar-refractivity contribution is -0.122. The molecule has 0 aliphatic carbocycles. The van der Waals surface area contributed by atoms with Crippen molar-refractivity contribution in [3.63, 3.8) is 0 Å². The second-order valence-electron chi connectivity index (χ2n) is 4.24. The first-order chi connectivity index (χ1) is 8.87. The highest BCUT2D eigenvalue weighted by molar-refractivity contribution is 9.10. The van der Waals surface area contributed by atoms with Crippen LogP contribution >= 0.6 is 28.1 Å². The fourth-order valence-electron chi connectivity index (χ4n) is 1.86. The summed E-state index contributed by atoms with van der Waals surface area (Å²) in [4.78, 5) is 12.5. The Morgan fingerprint density at radius 3 is 2.47 bits per heavy atom. The molecule has 0 saturated heterocycles. The van der Waals surface area contributed by atoms with E-state index in [1.54, 1.807) is 0 Å². The van der Waals surface area contributed by atoms with Crippen LogP contribution in [0.5, 0.6) is 0 Å². The van der Waals surface area contributed by atoms with Crippen LogP contribution in [0.1, 0.15) is 26.7 Å². The fraction of sp³-hybridized carbons (Fsp3) is 0.385. The van der Waals surface area contributed by atoms with Crippen molar-refractivity contribution in [1.29, 1.82) is 0 Å². The van der Waals surface area contributed by atoms with Crippen LogP contribution in [0, 0.1) is 11.2 Å². The van der Waals surface area contributed by atoms with E-state index in [-0.39, 0.29) is 16.7 Å². The molecule has 0 aliphatic heterocycles. The zero-order chi connectivity index (χ0) is 14.6. The van der Waals surface area contributed by atoms with E-state index in [0.717, 1.165) is 0 Å². The molecule has 3 N–H and O–H groups in total. The van der Waals surface area contributed by atoms with Gasteiger partial charge in [0.2, 0.25) is 5.91 Å². The molecule has 1 rings (SSSR count). The van der Waals surface area contributed by atoms with E-state index >= 15 is 0 Å². The number of carbonyl (C=O) groups excluding carboxylic acids is 1. The standard InChI is InChI=1S/C13H16BrFN2OS/c1-3-13(4-2,11(16)19)12(18)17-8-5-6-10(15)9(14)7-8/h5-7H,3-4H2,1-2H3,(H2,16,19)(H,17,18). The third-order valence-corrected chi connectivity index (χ3v) is 4.29. The van der Waals surface area contributed by atoms with Gasteiger partial charge in [0, 0.05) is 5.69 Å². The molecule has 0 heterocycles. The lowest BCUT2D eigenvalue weighted by atomic mass is 9.81. The molecule has 6 heteroatoms. The molecule has 1 amide bonds. The third-order valence-electron chi connectivity index (χ3n) is 3.29. The minimum atomic E-state index is -0.865. The molecule has 0 saturated carbocycles. The molecule has 3 nitrogen and oxygen atoms in total. The van der Waals surface area contributed by atoms with E-state index in [1.165, 1.54) is 18.2 Å². The molecule has 0 radical (unpaired) electrons. The van der Waals surface area contributed by atoms with E-state index in [0.29, 0.717) is 23.0 Å². The normalized spacial score (nSPS) is 11.2. The Morgan fingerprint density at radius 2 is 2.05 bits per heavy atom. The predicted octanol–water partition coefficient (Wildman–Crippen LogP) is 3.62. The molecule has 104 valence electrons. The first-order valence-electron chi connectivity index (χ1n) is 5.93. The molecule has 0 fully saturated rings. The number of nitrogens with two attached hydrogens (primary N) is 1. The molecule has 19 heavy (non-hydrogen) atoms. The molecule has 0 aromatic heterocycles. The number of carbonyl (C=O) groups is 1. The second kappa shape index (κ2) is 6.43. The smallest absolute Gasteiger partial charge is 0.237 e. The first-order valence-corrected chi connectivity index (χ1v) is 7.14. The summed E-state index contributed by atoms with van der Waals surface area (Å²) in [5.41, 5.74) is 5.34. The number of hydrogen-bond acceptors (Lipinski definition) is 2. The number of benzene rings is 1. The quantitative estimate of drug-likeness (QED) is 0.800. The molecule has 1 aromatic carbocycles. The van der Waals surface area contributed by atoms with Crippen LogP contribution in [-0.2, 0) is 4.79 Å². The number of nitrogens with one attached hydrogen (secondary N) is 1. The van der Waals surface area contributed by atoms with Crippen molar-refractivity contribution in [3.05, 3.63) is 28.5 Å². The van der Waals surface area contributed by atoms with E-state index in [4.69, 9.17) is 18.0 Å². The highest BCUT2D eigenvalue weighted by Gasteiger charge is 2.38. The molecule has 1 aromatic rings. The topological polar surface area (TPSA) is 55.1 Å². The van der Waals surface area contributed by atoms with Gasteiger partial charge in [-0.3, -0.25) is 4.79 Å². The summed E-state index contributed by atoms with van der Waals surface area (Å²) < 4.78 is 13.4. The Kier molecular flexibility index (Phi) is 5.43. The number of halogens is 2. The maximum atomic E-state index is 13.1. The number of amides is 1. The van der Waals surface area contributed by atoms with Gasteiger partial charge in [-0.1, -0.05) is 26.1 Å². The van der Waals surface area contributed by atoms with Gasteiger partial charge in [-0.2, -0.15) is 0 Å². The van der Waals surface area contributed by atoms with Gasteiger partial charge in [0.05, 0.1) is 14.9 Å². The Morgan fingerprint density at radius 1 is 1.47 bits per heavy atom. The van der Waals surface area contributed by atoms with Gasteiger partial charge in [0.15, 0.2) is 0 Å². The molecule has 0 atom stereocenters. The van der Waals surface area contributed by atoms with Gasteiger partial charge in [-0.15, -0.1) is 0 Å². The lowest BCUT2D eigenvalue weighted by Gasteiger charge is -2.28. The van der Waals surface area contributed by atoms with Crippen LogP contribution in [-0.4, -0.2) is 10.9 Å². The van der Waals surface area contributed by atoms with Crippen LogP contribution in [0.2, 0.25) is 0 Å². The van der Waals surface area contributed by atoms with Crippen LogP contribution in [0.4, 0.5) is 10.1 Å². The highest BCUT2D eigenvalue weighted by Crippen LogP contribution is 2.29. The summed E-state index contributed by atoms with van der Waals surface area (Å²) in [7, 11) is 0. The summed E-state index contributed by atoms with van der Waals surface area (Å²) in [5.74, 6) is -0.645. The van der Waals surface area contributed by atoms with Crippen molar-refractivity contribution < 1.29 is 9.18 Å². The van der Waals surface area contributed by atoms with Crippen molar-refractivity contribution in [2.75, 3.05) is 5.32 Å². The molecular formula is C13H16BrFN2OS.